The molecule has 5 N–H and O–H groups in total. The lowest BCUT2D eigenvalue weighted by atomic mass is 9.90. The van der Waals surface area contributed by atoms with Gasteiger partial charge in [0.2, 0.25) is 15.9 Å². The largest absolute Gasteiger partial charge is 0.356 e. The van der Waals surface area contributed by atoms with Crippen LogP contribution in [0.5, 0.6) is 0 Å². The zero-order chi connectivity index (χ0) is 20.9. The Balaban J connectivity index is 0.00000320. The van der Waals surface area contributed by atoms with E-state index >= 15 is 0 Å². The highest BCUT2D eigenvalue weighted by Gasteiger charge is 2.24. The van der Waals surface area contributed by atoms with Crippen molar-refractivity contribution in [1.29, 1.82) is 0 Å². The highest BCUT2D eigenvalue weighted by molar-refractivity contribution is 14.0. The Morgan fingerprint density at radius 3 is 2.53 bits per heavy atom. The summed E-state index contributed by atoms with van der Waals surface area (Å²) in [5, 5.41) is 14.5. The summed E-state index contributed by atoms with van der Waals surface area (Å²) in [7, 11) is -1.98. The maximum absolute atomic E-state index is 11.9. The summed E-state index contributed by atoms with van der Waals surface area (Å²) in [4.78, 5) is 16.3. The van der Waals surface area contributed by atoms with Gasteiger partial charge in [-0.3, -0.25) is 9.79 Å². The van der Waals surface area contributed by atoms with Crippen LogP contribution in [0.25, 0.3) is 0 Å². The molecule has 0 aliphatic carbocycles. The van der Waals surface area contributed by atoms with E-state index in [2.05, 4.69) is 20.9 Å². The van der Waals surface area contributed by atoms with E-state index in [4.69, 9.17) is 5.14 Å². The van der Waals surface area contributed by atoms with Crippen molar-refractivity contribution in [1.82, 2.24) is 10.6 Å². The molecule has 1 aliphatic rings. The molecule has 8 nitrogen and oxygen atoms in total. The zero-order valence-corrected chi connectivity index (χ0v) is 19.7. The Bertz CT molecular complexity index is 1010. The van der Waals surface area contributed by atoms with Crippen molar-refractivity contribution >= 4 is 51.6 Å². The van der Waals surface area contributed by atoms with E-state index in [1.165, 1.54) is 12.1 Å². The van der Waals surface area contributed by atoms with Crippen molar-refractivity contribution in [2.24, 2.45) is 10.1 Å². The van der Waals surface area contributed by atoms with E-state index in [-0.39, 0.29) is 40.7 Å². The third kappa shape index (κ3) is 6.41. The third-order valence-electron chi connectivity index (χ3n) is 4.80. The third-order valence-corrected chi connectivity index (χ3v) is 5.73. The lowest BCUT2D eigenvalue weighted by molar-refractivity contribution is -0.116. The van der Waals surface area contributed by atoms with Gasteiger partial charge < -0.3 is 16.0 Å². The Labute approximate surface area is 193 Å². The van der Waals surface area contributed by atoms with Crippen LogP contribution in [0.4, 0.5) is 5.69 Å². The smallest absolute Gasteiger partial charge is 0.238 e. The number of sulfonamides is 1. The van der Waals surface area contributed by atoms with E-state index < -0.39 is 10.0 Å². The van der Waals surface area contributed by atoms with Crippen LogP contribution in [0.3, 0.4) is 0 Å². The number of nitrogens with two attached hydrogens (primary N) is 1. The number of halogens is 1. The highest BCUT2D eigenvalue weighted by Crippen LogP contribution is 2.31. The van der Waals surface area contributed by atoms with Crippen molar-refractivity contribution < 1.29 is 13.2 Å². The molecule has 162 valence electrons. The van der Waals surface area contributed by atoms with Gasteiger partial charge in [0.25, 0.3) is 0 Å². The molecule has 3 rings (SSSR count). The first-order chi connectivity index (χ1) is 13.9. The summed E-state index contributed by atoms with van der Waals surface area (Å²) >= 11 is 0. The SMILES string of the molecule is CN=C(NCCc1ccc(S(N)(=O)=O)cc1)NCC1CC(=O)Nc2ccccc21.I. The van der Waals surface area contributed by atoms with Crippen LogP contribution >= 0.6 is 24.0 Å². The predicted molar refractivity (Wildman–Crippen MR) is 129 cm³/mol. The van der Waals surface area contributed by atoms with E-state index in [1.54, 1.807) is 19.2 Å². The number of benzene rings is 2. The molecule has 2 aromatic rings. The maximum atomic E-state index is 11.9. The van der Waals surface area contributed by atoms with Crippen molar-refractivity contribution in [2.45, 2.75) is 23.7 Å². The molecular weight excluding hydrogens is 517 g/mol. The number of para-hydroxylation sites is 1. The summed E-state index contributed by atoms with van der Waals surface area (Å²) in [6.45, 7) is 1.21. The molecule has 0 radical (unpaired) electrons. The van der Waals surface area contributed by atoms with E-state index in [9.17, 15) is 13.2 Å². The first-order valence-electron chi connectivity index (χ1n) is 9.32. The van der Waals surface area contributed by atoms with Crippen LogP contribution in [0.15, 0.2) is 58.4 Å². The van der Waals surface area contributed by atoms with Crippen molar-refractivity contribution in [3.05, 3.63) is 59.7 Å². The number of guanidine groups is 1. The second-order valence-electron chi connectivity index (χ2n) is 6.86. The van der Waals surface area contributed by atoms with Crippen molar-refractivity contribution in [2.75, 3.05) is 25.5 Å². The second-order valence-corrected chi connectivity index (χ2v) is 8.42. The topological polar surface area (TPSA) is 126 Å². The number of anilines is 1. The summed E-state index contributed by atoms with van der Waals surface area (Å²) in [5.41, 5.74) is 2.96. The Morgan fingerprint density at radius 1 is 1.17 bits per heavy atom. The molecule has 0 aromatic heterocycles. The number of carbonyl (C=O) groups excluding carboxylic acids is 1. The molecule has 1 heterocycles. The fourth-order valence-electron chi connectivity index (χ4n) is 3.30. The Hall–Kier alpha value is -2.18. The molecule has 0 fully saturated rings. The van der Waals surface area contributed by atoms with Gasteiger partial charge in [0.15, 0.2) is 5.96 Å². The number of hydrogen-bond acceptors (Lipinski definition) is 4. The number of hydrogen-bond donors (Lipinski definition) is 4. The van der Waals surface area contributed by atoms with Gasteiger partial charge in [-0.1, -0.05) is 30.3 Å². The molecule has 0 saturated heterocycles. The number of aliphatic imine (C=N–C) groups is 1. The molecule has 1 aliphatic heterocycles. The Morgan fingerprint density at radius 2 is 1.87 bits per heavy atom. The van der Waals surface area contributed by atoms with Gasteiger partial charge in [-0.2, -0.15) is 0 Å². The minimum Gasteiger partial charge on any atom is -0.356 e. The standard InChI is InChI=1S/C20H25N5O3S.HI/c1-22-20(23-11-10-14-6-8-16(9-7-14)29(21,27)28)24-13-15-12-19(26)25-18-5-3-2-4-17(15)18;/h2-9,15H,10-13H2,1H3,(H,25,26)(H2,21,27,28)(H2,22,23,24);1H. The minimum absolute atomic E-state index is 0. The summed E-state index contributed by atoms with van der Waals surface area (Å²) in [6.07, 6.45) is 1.12. The normalized spacial score (nSPS) is 16.1. The van der Waals surface area contributed by atoms with Gasteiger partial charge in [-0.15, -0.1) is 24.0 Å². The molecule has 1 amide bonds. The van der Waals surface area contributed by atoms with Gasteiger partial charge in [0.05, 0.1) is 4.90 Å². The highest BCUT2D eigenvalue weighted by atomic mass is 127. The molecule has 30 heavy (non-hydrogen) atoms. The summed E-state index contributed by atoms with van der Waals surface area (Å²) < 4.78 is 22.6. The van der Waals surface area contributed by atoms with E-state index in [1.807, 2.05) is 24.3 Å². The van der Waals surface area contributed by atoms with Crippen LogP contribution in [-0.4, -0.2) is 40.4 Å². The average molecular weight is 543 g/mol. The van der Waals surface area contributed by atoms with Crippen molar-refractivity contribution in [3.8, 4) is 0 Å². The fraction of sp³-hybridized carbons (Fsp3) is 0.300. The number of primary sulfonamides is 1. The molecular formula is C20H26IN5O3S. The maximum Gasteiger partial charge on any atom is 0.238 e. The Kier molecular flexibility index (Phi) is 8.62. The molecule has 2 aromatic carbocycles. The first kappa shape index (κ1) is 24.1. The second kappa shape index (κ2) is 10.7. The molecule has 1 atom stereocenters. The van der Waals surface area contributed by atoms with Crippen molar-refractivity contribution in [3.63, 3.8) is 0 Å². The lowest BCUT2D eigenvalue weighted by Crippen LogP contribution is -2.41. The zero-order valence-electron chi connectivity index (χ0n) is 16.6. The van der Waals surface area contributed by atoms with Gasteiger partial charge in [-0.05, 0) is 35.7 Å². The van der Waals surface area contributed by atoms with Crippen LogP contribution in [0.2, 0.25) is 0 Å². The fourth-order valence-corrected chi connectivity index (χ4v) is 3.81. The van der Waals surface area contributed by atoms with Gasteiger partial charge in [0, 0.05) is 38.2 Å². The predicted octanol–water partition coefficient (Wildman–Crippen LogP) is 1.79. The monoisotopic (exact) mass is 543 g/mol. The van der Waals surface area contributed by atoms with E-state index in [0.29, 0.717) is 31.9 Å². The average Bonchev–Trinajstić information content (AvgIpc) is 2.70. The molecule has 0 saturated carbocycles. The van der Waals surface area contributed by atoms with Gasteiger partial charge in [0.1, 0.15) is 0 Å². The molecule has 0 bridgehead atoms. The lowest BCUT2D eigenvalue weighted by Gasteiger charge is -2.26. The van der Waals surface area contributed by atoms with Gasteiger partial charge in [-0.25, -0.2) is 13.6 Å². The number of nitrogens with zero attached hydrogens (tertiary/aromatic N) is 1. The minimum atomic E-state index is -3.67. The molecule has 0 spiro atoms. The van der Waals surface area contributed by atoms with E-state index in [0.717, 1.165) is 16.8 Å². The van der Waals surface area contributed by atoms with Gasteiger partial charge >= 0.3 is 0 Å². The number of amides is 1. The number of nitrogens with one attached hydrogen (secondary N) is 3. The first-order valence-corrected chi connectivity index (χ1v) is 10.9. The van der Waals surface area contributed by atoms with Crippen LogP contribution in [-0.2, 0) is 21.2 Å². The number of rotatable bonds is 6. The van der Waals surface area contributed by atoms with Crippen LogP contribution < -0.4 is 21.1 Å². The number of carbonyl (C=O) groups is 1. The summed E-state index contributed by atoms with van der Waals surface area (Å²) in [5.74, 6) is 0.736. The van der Waals surface area contributed by atoms with Crippen LogP contribution in [0, 0.1) is 0 Å². The van der Waals surface area contributed by atoms with Crippen LogP contribution in [0.1, 0.15) is 23.5 Å². The summed E-state index contributed by atoms with van der Waals surface area (Å²) in [6, 6.07) is 14.3. The quantitative estimate of drug-likeness (QED) is 0.251. The molecule has 10 heteroatoms. The number of fused-ring (bicyclic) bond motifs is 1. The molecule has 1 unspecified atom stereocenters.